The third-order valence-corrected chi connectivity index (χ3v) is 2.25. The fourth-order valence-corrected chi connectivity index (χ4v) is 1.51. The van der Waals surface area contributed by atoms with Crippen LogP contribution in [0.3, 0.4) is 0 Å². The monoisotopic (exact) mass is 262 g/mol. The first kappa shape index (κ1) is 10.9. The maximum Gasteiger partial charge on any atom is 0.269 e. The van der Waals surface area contributed by atoms with E-state index in [1.165, 1.54) is 0 Å². The quantitative estimate of drug-likeness (QED) is 0.830. The molecular weight excluding hydrogens is 258 g/mol. The molecule has 1 N–H and O–H groups in total. The second kappa shape index (κ2) is 4.33. The van der Waals surface area contributed by atoms with Crippen molar-refractivity contribution in [2.45, 2.75) is 11.8 Å². The number of hydrogen-bond acceptors (Lipinski definition) is 2. The zero-order valence-electron chi connectivity index (χ0n) is 6.85. The zero-order chi connectivity index (χ0) is 10.7. The van der Waals surface area contributed by atoms with Crippen LogP contribution >= 0.6 is 15.9 Å². The number of halogens is 3. The minimum absolute atomic E-state index is 0.0104. The Morgan fingerprint density at radius 3 is 2.71 bits per heavy atom. The van der Waals surface area contributed by atoms with Crippen LogP contribution in [-0.2, 0) is 5.33 Å². The molecule has 1 aromatic rings. The third kappa shape index (κ3) is 1.82. The molecule has 0 aliphatic rings. The van der Waals surface area contributed by atoms with E-state index in [2.05, 4.69) is 20.9 Å². The normalized spacial score (nSPS) is 10.2. The summed E-state index contributed by atoms with van der Waals surface area (Å²) in [6.45, 7) is 0. The van der Waals surface area contributed by atoms with Gasteiger partial charge in [0.25, 0.3) is 6.43 Å². The lowest BCUT2D eigenvalue weighted by atomic mass is 10.1. The van der Waals surface area contributed by atoms with Crippen molar-refractivity contribution < 1.29 is 8.78 Å². The van der Waals surface area contributed by atoms with Gasteiger partial charge in [-0.3, -0.25) is 4.79 Å². The molecule has 0 aliphatic heterocycles. The highest BCUT2D eigenvalue weighted by atomic mass is 79.9. The van der Waals surface area contributed by atoms with Crippen LogP contribution in [0.5, 0.6) is 0 Å². The molecule has 0 unspecified atom stereocenters. The molecule has 6 heteroatoms. The van der Waals surface area contributed by atoms with Crippen LogP contribution in [0.2, 0.25) is 0 Å². The van der Waals surface area contributed by atoms with Crippen LogP contribution < -0.4 is 5.43 Å². The van der Waals surface area contributed by atoms with E-state index < -0.39 is 17.4 Å². The number of hydrogen-bond donors (Lipinski definition) is 1. The standard InChI is InChI=1S/C8H5BrF2N2O/c9-1-4-6(2-12)13-3-5(7(4)14)8(10)11/h3,8H,1H2,(H,13,14). The number of pyridine rings is 1. The SMILES string of the molecule is N#Cc1[nH]cc(C(F)F)c(=O)c1CBr. The Balaban J connectivity index is 3.45. The molecule has 0 radical (unpaired) electrons. The smallest absolute Gasteiger partial charge is 0.269 e. The summed E-state index contributed by atoms with van der Waals surface area (Å²) in [5.41, 5.74) is -1.35. The maximum absolute atomic E-state index is 12.3. The van der Waals surface area contributed by atoms with Crippen molar-refractivity contribution in [3.63, 3.8) is 0 Å². The summed E-state index contributed by atoms with van der Waals surface area (Å²) in [4.78, 5) is 13.7. The fraction of sp³-hybridized carbons (Fsp3) is 0.250. The Kier molecular flexibility index (Phi) is 3.36. The lowest BCUT2D eigenvalue weighted by molar-refractivity contribution is 0.149. The number of alkyl halides is 3. The van der Waals surface area contributed by atoms with E-state index in [9.17, 15) is 13.6 Å². The summed E-state index contributed by atoms with van der Waals surface area (Å²) >= 11 is 2.97. The van der Waals surface area contributed by atoms with E-state index in [1.54, 1.807) is 6.07 Å². The van der Waals surface area contributed by atoms with Crippen molar-refractivity contribution in [3.8, 4) is 6.07 Å². The van der Waals surface area contributed by atoms with Crippen molar-refractivity contribution in [1.82, 2.24) is 4.98 Å². The molecule has 1 heterocycles. The molecule has 0 saturated heterocycles. The van der Waals surface area contributed by atoms with Gasteiger partial charge >= 0.3 is 0 Å². The Bertz CT molecular complexity index is 436. The van der Waals surface area contributed by atoms with Gasteiger partial charge in [-0.1, -0.05) is 15.9 Å². The van der Waals surface area contributed by atoms with Gasteiger partial charge in [0.05, 0.1) is 5.56 Å². The van der Waals surface area contributed by atoms with Crippen molar-refractivity contribution in [1.29, 1.82) is 5.26 Å². The topological polar surface area (TPSA) is 56.6 Å². The predicted octanol–water partition coefficient (Wildman–Crippen LogP) is 2.08. The van der Waals surface area contributed by atoms with Crippen LogP contribution in [0.4, 0.5) is 8.78 Å². The molecule has 0 atom stereocenters. The first-order chi connectivity index (χ1) is 6.61. The average Bonchev–Trinajstić information content (AvgIpc) is 2.16. The lowest BCUT2D eigenvalue weighted by Crippen LogP contribution is -2.16. The molecule has 0 aromatic carbocycles. The van der Waals surface area contributed by atoms with Crippen molar-refractivity contribution >= 4 is 15.9 Å². The van der Waals surface area contributed by atoms with Gasteiger partial charge in [0, 0.05) is 17.1 Å². The molecule has 3 nitrogen and oxygen atoms in total. The number of nitrogens with one attached hydrogen (secondary N) is 1. The summed E-state index contributed by atoms with van der Waals surface area (Å²) in [5, 5.41) is 8.65. The van der Waals surface area contributed by atoms with Gasteiger partial charge in [-0.15, -0.1) is 0 Å². The predicted molar refractivity (Wildman–Crippen MR) is 49.4 cm³/mol. The summed E-state index contributed by atoms with van der Waals surface area (Å²) < 4.78 is 24.5. The van der Waals surface area contributed by atoms with Gasteiger partial charge in [0.1, 0.15) is 11.8 Å². The lowest BCUT2D eigenvalue weighted by Gasteiger charge is -2.02. The number of aromatic amines is 1. The van der Waals surface area contributed by atoms with Gasteiger partial charge < -0.3 is 4.98 Å². The van der Waals surface area contributed by atoms with E-state index in [0.717, 1.165) is 6.20 Å². The molecule has 0 saturated carbocycles. The first-order valence-corrected chi connectivity index (χ1v) is 4.72. The van der Waals surface area contributed by atoms with Gasteiger partial charge in [-0.25, -0.2) is 8.78 Å². The number of nitriles is 1. The van der Waals surface area contributed by atoms with Gasteiger partial charge in [-0.2, -0.15) is 5.26 Å². The Morgan fingerprint density at radius 2 is 2.29 bits per heavy atom. The summed E-state index contributed by atoms with van der Waals surface area (Å²) in [7, 11) is 0. The largest absolute Gasteiger partial charge is 0.352 e. The highest BCUT2D eigenvalue weighted by Gasteiger charge is 2.16. The molecule has 74 valence electrons. The molecule has 1 aromatic heterocycles. The highest BCUT2D eigenvalue weighted by molar-refractivity contribution is 9.08. The van der Waals surface area contributed by atoms with E-state index in [-0.39, 0.29) is 16.6 Å². The molecule has 0 bridgehead atoms. The molecule has 0 amide bonds. The highest BCUT2D eigenvalue weighted by Crippen LogP contribution is 2.16. The van der Waals surface area contributed by atoms with E-state index in [1.807, 2.05) is 0 Å². The summed E-state index contributed by atoms with van der Waals surface area (Å²) in [6, 6.07) is 1.72. The van der Waals surface area contributed by atoms with Crippen LogP contribution in [0.15, 0.2) is 11.0 Å². The fourth-order valence-electron chi connectivity index (χ4n) is 0.980. The Morgan fingerprint density at radius 1 is 1.64 bits per heavy atom. The van der Waals surface area contributed by atoms with Crippen LogP contribution in [0.25, 0.3) is 0 Å². The van der Waals surface area contributed by atoms with Gasteiger partial charge in [0.15, 0.2) is 5.43 Å². The van der Waals surface area contributed by atoms with Gasteiger partial charge in [0.2, 0.25) is 0 Å². The van der Waals surface area contributed by atoms with E-state index in [0.29, 0.717) is 0 Å². The number of aromatic nitrogens is 1. The van der Waals surface area contributed by atoms with Crippen molar-refractivity contribution in [2.24, 2.45) is 0 Å². The van der Waals surface area contributed by atoms with Crippen LogP contribution in [-0.4, -0.2) is 4.98 Å². The molecule has 0 fully saturated rings. The zero-order valence-corrected chi connectivity index (χ0v) is 8.44. The van der Waals surface area contributed by atoms with E-state index in [4.69, 9.17) is 5.26 Å². The minimum Gasteiger partial charge on any atom is -0.352 e. The molecule has 14 heavy (non-hydrogen) atoms. The molecular formula is C8H5BrF2N2O. The minimum atomic E-state index is -2.83. The molecule has 0 spiro atoms. The molecule has 1 rings (SSSR count). The maximum atomic E-state index is 12.3. The third-order valence-electron chi connectivity index (χ3n) is 1.69. The Labute approximate surface area is 86.5 Å². The number of rotatable bonds is 2. The average molecular weight is 263 g/mol. The van der Waals surface area contributed by atoms with Crippen molar-refractivity contribution in [2.75, 3.05) is 0 Å². The second-order valence-corrected chi connectivity index (χ2v) is 3.03. The first-order valence-electron chi connectivity index (χ1n) is 3.60. The molecule has 0 aliphatic carbocycles. The van der Waals surface area contributed by atoms with Crippen LogP contribution in [0.1, 0.15) is 23.2 Å². The van der Waals surface area contributed by atoms with Crippen LogP contribution in [0, 0.1) is 11.3 Å². The van der Waals surface area contributed by atoms with Gasteiger partial charge in [-0.05, 0) is 0 Å². The Hall–Kier alpha value is -1.22. The second-order valence-electron chi connectivity index (χ2n) is 2.47. The van der Waals surface area contributed by atoms with E-state index >= 15 is 0 Å². The number of nitrogens with zero attached hydrogens (tertiary/aromatic N) is 1. The summed E-state index contributed by atoms with van der Waals surface area (Å²) in [5.74, 6) is 0. The summed E-state index contributed by atoms with van der Waals surface area (Å²) in [6.07, 6.45) is -1.96. The number of H-pyrrole nitrogens is 1. The van der Waals surface area contributed by atoms with Crippen molar-refractivity contribution in [3.05, 3.63) is 33.2 Å².